The van der Waals surface area contributed by atoms with Gasteiger partial charge in [0.25, 0.3) is 11.8 Å². The minimum Gasteiger partial charge on any atom is -0.462 e. The SMILES string of the molecule is CCC(CC)C(=O)OCCOC(=O)C1=C(/C=C\c2cccnc2)CS[C@H]2[C@H](NC(=O)C(=NOC(c3ccccc3)(c3ccccc3)c3ccccc3)c3csc(N)n3)C(=O)N12. The van der Waals surface area contributed by atoms with Crippen molar-refractivity contribution in [1.29, 1.82) is 0 Å². The number of amides is 2. The summed E-state index contributed by atoms with van der Waals surface area (Å²) in [5, 5.41) is 8.54. The molecule has 312 valence electrons. The number of thiazole rings is 1. The third-order valence-corrected chi connectivity index (χ3v) is 12.3. The molecule has 1 saturated heterocycles. The second-order valence-electron chi connectivity index (χ2n) is 14.1. The Morgan fingerprint density at radius 2 is 1.52 bits per heavy atom. The van der Waals surface area contributed by atoms with E-state index in [9.17, 15) is 19.2 Å². The number of carbonyl (C=O) groups is 4. The number of hydrogen-bond acceptors (Lipinski definition) is 13. The van der Waals surface area contributed by atoms with Crippen LogP contribution in [0.2, 0.25) is 0 Å². The summed E-state index contributed by atoms with van der Waals surface area (Å²) in [5.74, 6) is -2.32. The quantitative estimate of drug-likeness (QED) is 0.0254. The fraction of sp³-hybridized carbons (Fsp3) is 0.239. The highest BCUT2D eigenvalue weighted by Gasteiger charge is 2.54. The Morgan fingerprint density at radius 1 is 0.902 bits per heavy atom. The first-order chi connectivity index (χ1) is 29.7. The molecule has 0 unspecified atom stereocenters. The van der Waals surface area contributed by atoms with E-state index in [2.05, 4.69) is 20.4 Å². The van der Waals surface area contributed by atoms with Gasteiger partial charge in [-0.15, -0.1) is 23.1 Å². The van der Waals surface area contributed by atoms with E-state index in [1.165, 1.54) is 16.7 Å². The molecule has 2 atom stereocenters. The maximum Gasteiger partial charge on any atom is 0.355 e. The number of aromatic nitrogens is 2. The molecular formula is C46H44N6O7S2. The van der Waals surface area contributed by atoms with Crippen LogP contribution in [0.25, 0.3) is 6.08 Å². The molecule has 2 amide bonds. The van der Waals surface area contributed by atoms with Gasteiger partial charge in [0.15, 0.2) is 10.8 Å². The molecule has 61 heavy (non-hydrogen) atoms. The molecule has 13 nitrogen and oxygen atoms in total. The van der Waals surface area contributed by atoms with Crippen molar-refractivity contribution in [2.75, 3.05) is 24.7 Å². The molecule has 2 aliphatic heterocycles. The van der Waals surface area contributed by atoms with Crippen LogP contribution in [0.3, 0.4) is 0 Å². The standard InChI is InChI=1S/C46H44N6O7S2/c1-3-31(4-2)43(55)57-25-26-58-44(56)39-32(23-22-30-15-14-24-48-27-30)28-60-42-38(41(54)52(39)42)50-40(53)37(36-29-61-45(47)49-36)51-59-46(33-16-8-5-9-17-33,34-18-10-6-11-19-34)35-20-12-7-13-21-35/h5-24,27,29,31,38,42H,3-4,25-26,28H2,1-2H3,(H2,47,49)(H,50,53)/b23-22-,51-37?/t38-,42+/m1/s1. The second-order valence-corrected chi connectivity index (χ2v) is 16.0. The Kier molecular flexibility index (Phi) is 13.7. The van der Waals surface area contributed by atoms with Gasteiger partial charge in [0.2, 0.25) is 5.60 Å². The number of β-lactam (4-membered cyclic amide) rings is 1. The van der Waals surface area contributed by atoms with Crippen molar-refractivity contribution < 1.29 is 33.5 Å². The normalized spacial score (nSPS) is 16.5. The molecular weight excluding hydrogens is 813 g/mol. The zero-order chi connectivity index (χ0) is 42.8. The van der Waals surface area contributed by atoms with Crippen molar-refractivity contribution in [3.05, 3.63) is 166 Å². The molecule has 0 spiro atoms. The van der Waals surface area contributed by atoms with E-state index in [0.717, 1.165) is 33.6 Å². The largest absolute Gasteiger partial charge is 0.462 e. The van der Waals surface area contributed by atoms with Gasteiger partial charge in [0, 0.05) is 40.2 Å². The van der Waals surface area contributed by atoms with Crippen LogP contribution in [0.4, 0.5) is 5.13 Å². The second kappa shape index (κ2) is 19.7. The van der Waals surface area contributed by atoms with E-state index >= 15 is 0 Å². The number of nitrogens with two attached hydrogens (primary N) is 1. The molecule has 0 bridgehead atoms. The lowest BCUT2D eigenvalue weighted by molar-refractivity contribution is -0.156. The number of oxime groups is 1. The molecule has 0 radical (unpaired) electrons. The summed E-state index contributed by atoms with van der Waals surface area (Å²) < 4.78 is 10.9. The van der Waals surface area contributed by atoms with E-state index in [1.807, 2.05) is 111 Å². The lowest BCUT2D eigenvalue weighted by atomic mass is 9.80. The Bertz CT molecular complexity index is 2330. The van der Waals surface area contributed by atoms with Crippen molar-refractivity contribution in [3.63, 3.8) is 0 Å². The summed E-state index contributed by atoms with van der Waals surface area (Å²) in [6.07, 6.45) is 8.13. The molecule has 0 saturated carbocycles. The number of rotatable bonds is 17. The van der Waals surface area contributed by atoms with Gasteiger partial charge in [0.05, 0.1) is 5.92 Å². The predicted octanol–water partition coefficient (Wildman–Crippen LogP) is 6.72. The first-order valence-electron chi connectivity index (χ1n) is 19.8. The Labute approximate surface area is 361 Å². The van der Waals surface area contributed by atoms with Crippen LogP contribution in [-0.2, 0) is 39.1 Å². The number of hydrogen-bond donors (Lipinski definition) is 2. The molecule has 5 aromatic rings. The summed E-state index contributed by atoms with van der Waals surface area (Å²) in [6.45, 7) is 3.47. The number of anilines is 1. The maximum atomic E-state index is 14.4. The Hall–Kier alpha value is -6.58. The molecule has 3 N–H and O–H groups in total. The monoisotopic (exact) mass is 856 g/mol. The Balaban J connectivity index is 1.17. The highest BCUT2D eigenvalue weighted by atomic mass is 32.2. The number of nitrogens with zero attached hydrogens (tertiary/aromatic N) is 4. The van der Waals surface area contributed by atoms with Crippen LogP contribution in [0.15, 0.2) is 143 Å². The molecule has 7 rings (SSSR count). The van der Waals surface area contributed by atoms with Crippen LogP contribution < -0.4 is 11.1 Å². The number of fused-ring (bicyclic) bond motifs is 1. The number of ether oxygens (including phenoxy) is 2. The van der Waals surface area contributed by atoms with Gasteiger partial charge in [-0.25, -0.2) is 9.78 Å². The zero-order valence-corrected chi connectivity index (χ0v) is 35.1. The summed E-state index contributed by atoms with van der Waals surface area (Å²) in [5.41, 5.74) is 8.30. The average Bonchev–Trinajstić information content (AvgIpc) is 3.74. The van der Waals surface area contributed by atoms with Gasteiger partial charge in [-0.2, -0.15) is 0 Å². The number of thioether (sulfide) groups is 1. The van der Waals surface area contributed by atoms with E-state index in [0.29, 0.717) is 24.2 Å². The number of benzene rings is 3. The first-order valence-corrected chi connectivity index (χ1v) is 21.7. The summed E-state index contributed by atoms with van der Waals surface area (Å²) in [4.78, 5) is 71.2. The number of nitrogen functional groups attached to an aromatic ring is 1. The van der Waals surface area contributed by atoms with Gasteiger partial charge >= 0.3 is 11.9 Å². The highest BCUT2D eigenvalue weighted by Crippen LogP contribution is 2.42. The Morgan fingerprint density at radius 3 is 2.08 bits per heavy atom. The molecule has 3 aromatic carbocycles. The van der Waals surface area contributed by atoms with Crippen LogP contribution in [-0.4, -0.2) is 74.7 Å². The van der Waals surface area contributed by atoms with Gasteiger partial charge < -0.3 is 25.4 Å². The number of pyridine rings is 1. The molecule has 2 aliphatic rings. The predicted molar refractivity (Wildman–Crippen MR) is 235 cm³/mol. The van der Waals surface area contributed by atoms with Crippen molar-refractivity contribution in [2.24, 2.45) is 11.1 Å². The van der Waals surface area contributed by atoms with E-state index in [4.69, 9.17) is 20.0 Å². The topological polar surface area (TPSA) is 175 Å². The van der Waals surface area contributed by atoms with Crippen molar-refractivity contribution >= 4 is 63.8 Å². The third kappa shape index (κ3) is 9.27. The fourth-order valence-corrected chi connectivity index (χ4v) is 8.98. The summed E-state index contributed by atoms with van der Waals surface area (Å²) in [7, 11) is 0. The van der Waals surface area contributed by atoms with Crippen LogP contribution in [0, 0.1) is 5.92 Å². The minimum atomic E-state index is -1.31. The molecule has 0 aliphatic carbocycles. The maximum absolute atomic E-state index is 14.4. The lowest BCUT2D eigenvalue weighted by Crippen LogP contribution is -2.71. The van der Waals surface area contributed by atoms with Crippen LogP contribution in [0.5, 0.6) is 0 Å². The summed E-state index contributed by atoms with van der Waals surface area (Å²) in [6, 6.07) is 31.3. The fourth-order valence-electron chi connectivity index (χ4n) is 7.12. The number of esters is 2. The van der Waals surface area contributed by atoms with Crippen LogP contribution in [0.1, 0.15) is 54.6 Å². The van der Waals surface area contributed by atoms with E-state index < -0.39 is 34.8 Å². The lowest BCUT2D eigenvalue weighted by Gasteiger charge is -2.49. The van der Waals surface area contributed by atoms with Crippen LogP contribution >= 0.6 is 23.1 Å². The average molecular weight is 857 g/mol. The number of nitrogens with one attached hydrogen (secondary N) is 1. The van der Waals surface area contributed by atoms with Crippen molar-refractivity contribution in [1.82, 2.24) is 20.2 Å². The van der Waals surface area contributed by atoms with Gasteiger partial charge in [-0.05, 0) is 30.0 Å². The molecule has 2 aromatic heterocycles. The highest BCUT2D eigenvalue weighted by molar-refractivity contribution is 8.00. The smallest absolute Gasteiger partial charge is 0.355 e. The zero-order valence-electron chi connectivity index (χ0n) is 33.5. The van der Waals surface area contributed by atoms with E-state index in [-0.39, 0.29) is 47.3 Å². The molecule has 15 heteroatoms. The minimum absolute atomic E-state index is 0.0357. The van der Waals surface area contributed by atoms with Gasteiger partial charge in [-0.3, -0.25) is 24.3 Å². The molecule has 4 heterocycles. The van der Waals surface area contributed by atoms with Crippen molar-refractivity contribution in [2.45, 2.75) is 43.7 Å². The van der Waals surface area contributed by atoms with Gasteiger partial charge in [0.1, 0.15) is 36.0 Å². The summed E-state index contributed by atoms with van der Waals surface area (Å²) >= 11 is 2.50. The van der Waals surface area contributed by atoms with Gasteiger partial charge in [-0.1, -0.05) is 128 Å². The van der Waals surface area contributed by atoms with Crippen molar-refractivity contribution in [3.8, 4) is 0 Å². The number of carbonyl (C=O) groups excluding carboxylic acids is 4. The number of allylic oxidation sites excluding steroid dienone is 1. The first kappa shape index (κ1) is 42.5. The third-order valence-electron chi connectivity index (χ3n) is 10.3. The molecule has 1 fully saturated rings. The van der Waals surface area contributed by atoms with E-state index in [1.54, 1.807) is 36.0 Å².